The minimum absolute atomic E-state index is 0.346. The summed E-state index contributed by atoms with van der Waals surface area (Å²) >= 11 is 0. The first-order chi connectivity index (χ1) is 8.43. The van der Waals surface area contributed by atoms with Crippen LogP contribution in [0.1, 0.15) is 77.0 Å². The van der Waals surface area contributed by atoms with Crippen LogP contribution in [-0.2, 0) is 4.79 Å². The highest BCUT2D eigenvalue weighted by molar-refractivity contribution is 5.53. The molecular weight excluding hydrogens is 208 g/mol. The molecule has 0 heterocycles. The topological polar surface area (TPSA) is 17.1 Å². The maximum atomic E-state index is 10.9. The van der Waals surface area contributed by atoms with Gasteiger partial charge < -0.3 is 4.79 Å². The molecule has 0 N–H and O–H groups in total. The maximum absolute atomic E-state index is 10.9. The molecule has 0 aliphatic heterocycles. The van der Waals surface area contributed by atoms with Gasteiger partial charge in [-0.2, -0.15) is 0 Å². The Labute approximate surface area is 107 Å². The Hall–Kier alpha value is -0.590. The van der Waals surface area contributed by atoms with E-state index in [2.05, 4.69) is 12.2 Å². The normalized spacial score (nSPS) is 24.5. The van der Waals surface area contributed by atoms with Gasteiger partial charge in [0.2, 0.25) is 0 Å². The number of allylic oxidation sites excluding steroid dienone is 2. The summed E-state index contributed by atoms with van der Waals surface area (Å²) < 4.78 is 0. The Kier molecular flexibility index (Phi) is 8.99. The summed E-state index contributed by atoms with van der Waals surface area (Å²) in [7, 11) is 0. The molecule has 0 unspecified atom stereocenters. The molecule has 17 heavy (non-hydrogen) atoms. The lowest BCUT2D eigenvalue weighted by Gasteiger charge is -2.09. The molecule has 0 atom stereocenters. The molecule has 98 valence electrons. The maximum Gasteiger partial charge on any atom is 0.123 e. The average molecular weight is 236 g/mol. The molecule has 0 aromatic rings. The molecule has 1 aliphatic rings. The van der Waals surface area contributed by atoms with Gasteiger partial charge in [-0.3, -0.25) is 0 Å². The van der Waals surface area contributed by atoms with Gasteiger partial charge >= 0.3 is 0 Å². The van der Waals surface area contributed by atoms with Gasteiger partial charge in [-0.15, -0.1) is 0 Å². The highest BCUT2D eigenvalue weighted by Crippen LogP contribution is 2.17. The molecule has 0 fully saturated rings. The van der Waals surface area contributed by atoms with E-state index in [9.17, 15) is 4.79 Å². The number of hydrogen-bond acceptors (Lipinski definition) is 1. The molecule has 0 amide bonds. The second kappa shape index (κ2) is 10.6. The van der Waals surface area contributed by atoms with Crippen molar-refractivity contribution >= 4 is 6.29 Å². The standard InChI is InChI=1S/C16H28O/c17-15-16-13-11-9-7-5-3-1-2-4-6-8-10-12-14-16/h1-2,15-16H,3-14H2/b2-1-. The van der Waals surface area contributed by atoms with Gasteiger partial charge in [0.05, 0.1) is 0 Å². The van der Waals surface area contributed by atoms with Crippen molar-refractivity contribution in [2.45, 2.75) is 77.0 Å². The van der Waals surface area contributed by atoms with Crippen LogP contribution in [0, 0.1) is 5.92 Å². The van der Waals surface area contributed by atoms with Crippen LogP contribution in [0.4, 0.5) is 0 Å². The van der Waals surface area contributed by atoms with E-state index in [-0.39, 0.29) is 0 Å². The predicted molar refractivity (Wildman–Crippen MR) is 74.1 cm³/mol. The van der Waals surface area contributed by atoms with Crippen LogP contribution in [-0.4, -0.2) is 6.29 Å². The second-order valence-corrected chi connectivity index (χ2v) is 5.35. The molecule has 0 saturated heterocycles. The van der Waals surface area contributed by atoms with Crippen LogP contribution < -0.4 is 0 Å². The number of hydrogen-bond donors (Lipinski definition) is 0. The summed E-state index contributed by atoms with van der Waals surface area (Å²) in [5.74, 6) is 0.346. The summed E-state index contributed by atoms with van der Waals surface area (Å²) in [6.45, 7) is 0. The Balaban J connectivity index is 2.24. The molecule has 0 aromatic heterocycles. The van der Waals surface area contributed by atoms with E-state index in [0.29, 0.717) is 5.92 Å². The number of carbonyl (C=O) groups is 1. The van der Waals surface area contributed by atoms with Gasteiger partial charge in [0.25, 0.3) is 0 Å². The van der Waals surface area contributed by atoms with Crippen molar-refractivity contribution in [3.05, 3.63) is 12.2 Å². The fraction of sp³-hybridized carbons (Fsp3) is 0.812. The Morgan fingerprint density at radius 3 is 1.65 bits per heavy atom. The van der Waals surface area contributed by atoms with E-state index in [0.717, 1.165) is 12.8 Å². The first-order valence-corrected chi connectivity index (χ1v) is 7.54. The van der Waals surface area contributed by atoms with E-state index < -0.39 is 0 Å². The Bertz CT molecular complexity index is 190. The average Bonchev–Trinajstić information content (AvgIpc) is 2.36. The Morgan fingerprint density at radius 2 is 1.18 bits per heavy atom. The zero-order valence-electron chi connectivity index (χ0n) is 11.2. The monoisotopic (exact) mass is 236 g/mol. The molecular formula is C16H28O. The largest absolute Gasteiger partial charge is 0.303 e. The van der Waals surface area contributed by atoms with E-state index in [1.54, 1.807) is 0 Å². The van der Waals surface area contributed by atoms with Crippen LogP contribution in [0.3, 0.4) is 0 Å². The lowest BCUT2D eigenvalue weighted by atomic mass is 9.96. The fourth-order valence-electron chi connectivity index (χ4n) is 2.56. The van der Waals surface area contributed by atoms with Gasteiger partial charge in [-0.05, 0) is 38.5 Å². The molecule has 1 aliphatic carbocycles. The van der Waals surface area contributed by atoms with Gasteiger partial charge in [0.15, 0.2) is 0 Å². The molecule has 1 heteroatoms. The highest BCUT2D eigenvalue weighted by atomic mass is 16.1. The first kappa shape index (κ1) is 14.5. The van der Waals surface area contributed by atoms with Gasteiger partial charge in [0.1, 0.15) is 6.29 Å². The zero-order chi connectivity index (χ0) is 12.2. The van der Waals surface area contributed by atoms with Crippen molar-refractivity contribution in [1.82, 2.24) is 0 Å². The lowest BCUT2D eigenvalue weighted by molar-refractivity contribution is -0.111. The van der Waals surface area contributed by atoms with Crippen molar-refractivity contribution in [3.8, 4) is 0 Å². The molecule has 0 spiro atoms. The minimum Gasteiger partial charge on any atom is -0.303 e. The smallest absolute Gasteiger partial charge is 0.123 e. The molecule has 1 rings (SSSR count). The molecule has 1 nitrogen and oxygen atoms in total. The minimum atomic E-state index is 0.346. The number of rotatable bonds is 1. The number of aldehydes is 1. The third kappa shape index (κ3) is 8.18. The third-order valence-corrected chi connectivity index (χ3v) is 3.75. The third-order valence-electron chi connectivity index (χ3n) is 3.75. The van der Waals surface area contributed by atoms with Crippen molar-refractivity contribution in [2.24, 2.45) is 5.92 Å². The van der Waals surface area contributed by atoms with Crippen LogP contribution in [0.5, 0.6) is 0 Å². The van der Waals surface area contributed by atoms with E-state index in [4.69, 9.17) is 0 Å². The van der Waals surface area contributed by atoms with Crippen molar-refractivity contribution in [2.75, 3.05) is 0 Å². The molecule has 0 radical (unpaired) electrons. The van der Waals surface area contributed by atoms with Crippen molar-refractivity contribution in [1.29, 1.82) is 0 Å². The second-order valence-electron chi connectivity index (χ2n) is 5.35. The van der Waals surface area contributed by atoms with Gasteiger partial charge in [-0.25, -0.2) is 0 Å². The van der Waals surface area contributed by atoms with Crippen LogP contribution in [0.2, 0.25) is 0 Å². The number of carbonyl (C=O) groups excluding carboxylic acids is 1. The van der Waals surface area contributed by atoms with E-state index in [1.807, 2.05) is 0 Å². The SMILES string of the molecule is O=CC1CCCCCC/C=C\CCCCCC1. The molecule has 0 bridgehead atoms. The van der Waals surface area contributed by atoms with Gasteiger partial charge in [0, 0.05) is 5.92 Å². The van der Waals surface area contributed by atoms with Crippen LogP contribution in [0.15, 0.2) is 12.2 Å². The van der Waals surface area contributed by atoms with Gasteiger partial charge in [-0.1, -0.05) is 50.7 Å². The summed E-state index contributed by atoms with van der Waals surface area (Å²) in [6.07, 6.45) is 21.0. The fourth-order valence-corrected chi connectivity index (χ4v) is 2.56. The molecule has 0 saturated carbocycles. The molecule has 0 aromatic carbocycles. The summed E-state index contributed by atoms with van der Waals surface area (Å²) in [6, 6.07) is 0. The summed E-state index contributed by atoms with van der Waals surface area (Å²) in [4.78, 5) is 10.9. The lowest BCUT2D eigenvalue weighted by Crippen LogP contribution is -2.02. The summed E-state index contributed by atoms with van der Waals surface area (Å²) in [5, 5.41) is 0. The highest BCUT2D eigenvalue weighted by Gasteiger charge is 2.06. The van der Waals surface area contributed by atoms with Crippen molar-refractivity contribution in [3.63, 3.8) is 0 Å². The van der Waals surface area contributed by atoms with Crippen molar-refractivity contribution < 1.29 is 4.79 Å². The Morgan fingerprint density at radius 1 is 0.706 bits per heavy atom. The zero-order valence-corrected chi connectivity index (χ0v) is 11.2. The van der Waals surface area contributed by atoms with E-state index in [1.165, 1.54) is 70.5 Å². The van der Waals surface area contributed by atoms with Crippen LogP contribution >= 0.6 is 0 Å². The summed E-state index contributed by atoms with van der Waals surface area (Å²) in [5.41, 5.74) is 0. The predicted octanol–water partition coefficient (Wildman–Crippen LogP) is 5.05. The quantitative estimate of drug-likeness (QED) is 0.460. The first-order valence-electron chi connectivity index (χ1n) is 7.54. The van der Waals surface area contributed by atoms with E-state index >= 15 is 0 Å². The van der Waals surface area contributed by atoms with Crippen LogP contribution in [0.25, 0.3) is 0 Å².